The minimum atomic E-state index is 0.331. The maximum absolute atomic E-state index is 2.40. The largest absolute Gasteiger partial charge is 0.0654 e. The molecule has 0 saturated carbocycles. The normalized spacial score (nSPS) is 11.8. The molecule has 0 fully saturated rings. The molecule has 0 spiro atoms. The molecule has 0 aromatic heterocycles. The van der Waals surface area contributed by atoms with Gasteiger partial charge in [-0.2, -0.15) is 0 Å². The Morgan fingerprint density at radius 3 is 1.30 bits per heavy atom. The minimum Gasteiger partial charge on any atom is -0.0654 e. The van der Waals surface area contributed by atoms with Crippen LogP contribution < -0.4 is 0 Å². The van der Waals surface area contributed by atoms with Gasteiger partial charge >= 0.3 is 0 Å². The molecule has 0 atom stereocenters. The lowest BCUT2D eigenvalue weighted by Gasteiger charge is -2.25. The van der Waals surface area contributed by atoms with Crippen molar-refractivity contribution in [3.05, 3.63) is 35.9 Å². The van der Waals surface area contributed by atoms with Crippen LogP contribution in [-0.2, 0) is 5.41 Å². The highest BCUT2D eigenvalue weighted by atomic mass is 14.2. The third-order valence-corrected chi connectivity index (χ3v) is 6.21. The number of hydrogen-bond donors (Lipinski definition) is 0. The maximum Gasteiger partial charge on any atom is -0.0104 e. The second kappa shape index (κ2) is 16.2. The fraction of sp³-hybridized carbons (Fsp3) is 0.778. The van der Waals surface area contributed by atoms with Crippen molar-refractivity contribution in [3.8, 4) is 0 Å². The smallest absolute Gasteiger partial charge is 0.0104 e. The van der Waals surface area contributed by atoms with E-state index in [2.05, 4.69) is 51.1 Å². The molecule has 1 aromatic carbocycles. The Morgan fingerprint density at radius 2 is 0.889 bits per heavy atom. The third kappa shape index (κ3) is 13.1. The van der Waals surface area contributed by atoms with Crippen LogP contribution in [0.3, 0.4) is 0 Å². The van der Waals surface area contributed by atoms with Crippen molar-refractivity contribution >= 4 is 0 Å². The highest BCUT2D eigenvalue weighted by Crippen LogP contribution is 2.29. The van der Waals surface area contributed by atoms with Crippen molar-refractivity contribution < 1.29 is 0 Å². The summed E-state index contributed by atoms with van der Waals surface area (Å²) in [7, 11) is 0. The first-order valence-electron chi connectivity index (χ1n) is 12.2. The van der Waals surface area contributed by atoms with Crippen LogP contribution in [0.15, 0.2) is 30.3 Å². The minimum absolute atomic E-state index is 0.331. The lowest BCUT2D eigenvalue weighted by atomic mass is 9.80. The van der Waals surface area contributed by atoms with Crippen LogP contribution in [0, 0.1) is 0 Å². The van der Waals surface area contributed by atoms with Crippen molar-refractivity contribution in [2.24, 2.45) is 0 Å². The lowest BCUT2D eigenvalue weighted by Crippen LogP contribution is -2.16. The molecule has 0 nitrogen and oxygen atoms in total. The summed E-state index contributed by atoms with van der Waals surface area (Å²) in [6.07, 6.45) is 24.5. The van der Waals surface area contributed by atoms with Gasteiger partial charge in [-0.05, 0) is 17.4 Å². The van der Waals surface area contributed by atoms with Crippen LogP contribution in [0.4, 0.5) is 0 Å². The topological polar surface area (TPSA) is 0 Å². The van der Waals surface area contributed by atoms with E-state index in [1.54, 1.807) is 0 Å². The molecule has 0 N–H and O–H groups in total. The molecule has 0 saturated heterocycles. The average Bonchev–Trinajstić information content (AvgIpc) is 2.68. The van der Waals surface area contributed by atoms with E-state index in [4.69, 9.17) is 0 Å². The Labute approximate surface area is 171 Å². The van der Waals surface area contributed by atoms with Gasteiger partial charge in [-0.1, -0.05) is 154 Å². The Kier molecular flexibility index (Phi) is 14.6. The van der Waals surface area contributed by atoms with E-state index in [0.29, 0.717) is 5.41 Å². The van der Waals surface area contributed by atoms with Gasteiger partial charge in [0.25, 0.3) is 0 Å². The number of rotatable bonds is 18. The zero-order chi connectivity index (χ0) is 19.6. The van der Waals surface area contributed by atoms with E-state index in [1.165, 1.54) is 115 Å². The third-order valence-electron chi connectivity index (χ3n) is 6.21. The molecule has 0 radical (unpaired) electrons. The van der Waals surface area contributed by atoms with Gasteiger partial charge in [0, 0.05) is 0 Å². The predicted molar refractivity (Wildman–Crippen MR) is 124 cm³/mol. The van der Waals surface area contributed by atoms with Gasteiger partial charge in [0.05, 0.1) is 0 Å². The highest BCUT2D eigenvalue weighted by Gasteiger charge is 2.19. The molecule has 0 aliphatic carbocycles. The Hall–Kier alpha value is -0.780. The van der Waals surface area contributed by atoms with Crippen LogP contribution in [0.2, 0.25) is 0 Å². The molecular weight excluding hydrogens is 324 g/mol. The van der Waals surface area contributed by atoms with Gasteiger partial charge in [-0.3, -0.25) is 0 Å². The van der Waals surface area contributed by atoms with E-state index < -0.39 is 0 Å². The van der Waals surface area contributed by atoms with Gasteiger partial charge in [0.2, 0.25) is 0 Å². The van der Waals surface area contributed by atoms with Crippen LogP contribution in [-0.4, -0.2) is 0 Å². The van der Waals surface area contributed by atoms with Crippen LogP contribution >= 0.6 is 0 Å². The van der Waals surface area contributed by atoms with Gasteiger partial charge < -0.3 is 0 Å². The molecule has 1 rings (SSSR count). The maximum atomic E-state index is 2.40. The zero-order valence-electron chi connectivity index (χ0n) is 18.9. The van der Waals surface area contributed by atoms with Crippen molar-refractivity contribution in [1.29, 1.82) is 0 Å². The van der Waals surface area contributed by atoms with Crippen molar-refractivity contribution in [3.63, 3.8) is 0 Å². The highest BCUT2D eigenvalue weighted by molar-refractivity contribution is 5.23. The average molecular weight is 373 g/mol. The van der Waals surface area contributed by atoms with Gasteiger partial charge in [0.1, 0.15) is 0 Å². The summed E-state index contributed by atoms with van der Waals surface area (Å²) in [5.41, 5.74) is 1.82. The Morgan fingerprint density at radius 1 is 0.519 bits per heavy atom. The summed E-state index contributed by atoms with van der Waals surface area (Å²) in [5, 5.41) is 0. The monoisotopic (exact) mass is 372 g/mol. The van der Waals surface area contributed by atoms with E-state index in [1.807, 2.05) is 0 Å². The number of benzene rings is 1. The SMILES string of the molecule is CCCCCCCCCCCCCCCCCCC(C)(C)c1ccccc1. The molecular formula is C27H48. The quantitative estimate of drug-likeness (QED) is 0.225. The van der Waals surface area contributed by atoms with Crippen LogP contribution in [0.25, 0.3) is 0 Å². The van der Waals surface area contributed by atoms with Crippen molar-refractivity contribution in [2.45, 2.75) is 135 Å². The molecule has 27 heavy (non-hydrogen) atoms. The summed E-state index contributed by atoms with van der Waals surface area (Å²) in [5.74, 6) is 0. The fourth-order valence-corrected chi connectivity index (χ4v) is 4.15. The van der Waals surface area contributed by atoms with Crippen LogP contribution in [0.1, 0.15) is 135 Å². The van der Waals surface area contributed by atoms with Gasteiger partial charge in [0.15, 0.2) is 0 Å². The molecule has 0 aliphatic rings. The molecule has 1 aromatic rings. The first-order valence-corrected chi connectivity index (χ1v) is 12.2. The lowest BCUT2D eigenvalue weighted by molar-refractivity contribution is 0.441. The van der Waals surface area contributed by atoms with E-state index >= 15 is 0 Å². The van der Waals surface area contributed by atoms with Crippen molar-refractivity contribution in [2.75, 3.05) is 0 Å². The predicted octanol–water partition coefficient (Wildman–Crippen LogP) is 9.62. The standard InChI is InChI=1S/C27H48/c1-4-5-6-7-8-9-10-11-12-13-14-15-16-17-18-22-25-27(2,3)26-23-20-19-21-24-26/h19-21,23-24H,4-18,22,25H2,1-3H3. The molecule has 0 aliphatic heterocycles. The van der Waals surface area contributed by atoms with E-state index in [-0.39, 0.29) is 0 Å². The Balaban J connectivity index is 1.83. The summed E-state index contributed by atoms with van der Waals surface area (Å²) >= 11 is 0. The molecule has 156 valence electrons. The second-order valence-electron chi connectivity index (χ2n) is 9.30. The van der Waals surface area contributed by atoms with E-state index in [9.17, 15) is 0 Å². The van der Waals surface area contributed by atoms with Crippen LogP contribution in [0.5, 0.6) is 0 Å². The van der Waals surface area contributed by atoms with Gasteiger partial charge in [-0.25, -0.2) is 0 Å². The fourth-order valence-electron chi connectivity index (χ4n) is 4.15. The zero-order valence-corrected chi connectivity index (χ0v) is 18.9. The molecule has 0 unspecified atom stereocenters. The first kappa shape index (κ1) is 24.3. The second-order valence-corrected chi connectivity index (χ2v) is 9.30. The summed E-state index contributed by atoms with van der Waals surface area (Å²) in [6.45, 7) is 7.09. The summed E-state index contributed by atoms with van der Waals surface area (Å²) in [6, 6.07) is 11.0. The summed E-state index contributed by atoms with van der Waals surface area (Å²) in [4.78, 5) is 0. The number of unbranched alkanes of at least 4 members (excludes halogenated alkanes) is 15. The first-order chi connectivity index (χ1) is 13.2. The molecule has 0 bridgehead atoms. The molecule has 0 amide bonds. The molecule has 0 heteroatoms. The summed E-state index contributed by atoms with van der Waals surface area (Å²) < 4.78 is 0. The number of hydrogen-bond acceptors (Lipinski definition) is 0. The van der Waals surface area contributed by atoms with Gasteiger partial charge in [-0.15, -0.1) is 0 Å². The Bertz CT molecular complexity index is 417. The van der Waals surface area contributed by atoms with Crippen molar-refractivity contribution in [1.82, 2.24) is 0 Å². The molecule has 0 heterocycles. The van der Waals surface area contributed by atoms with E-state index in [0.717, 1.165) is 0 Å².